The summed E-state index contributed by atoms with van der Waals surface area (Å²) in [5.41, 5.74) is 1.63. The van der Waals surface area contributed by atoms with E-state index >= 15 is 0 Å². The van der Waals surface area contributed by atoms with Crippen molar-refractivity contribution in [1.29, 1.82) is 5.26 Å². The van der Waals surface area contributed by atoms with Gasteiger partial charge in [0.05, 0.1) is 10.6 Å². The number of hydrogen-bond acceptors (Lipinski definition) is 2. The predicted molar refractivity (Wildman–Crippen MR) is 74.9 cm³/mol. The van der Waals surface area contributed by atoms with E-state index in [0.29, 0.717) is 27.7 Å². The van der Waals surface area contributed by atoms with Crippen molar-refractivity contribution in [3.05, 3.63) is 63.4 Å². The van der Waals surface area contributed by atoms with Crippen LogP contribution in [0.25, 0.3) is 0 Å². The Balaban J connectivity index is 2.10. The number of anilines is 1. The van der Waals surface area contributed by atoms with Crippen LogP contribution in [0, 0.1) is 17.1 Å². The molecule has 0 saturated carbocycles. The highest BCUT2D eigenvalue weighted by Crippen LogP contribution is 2.21. The molecule has 0 aliphatic carbocycles. The Labute approximate surface area is 120 Å². The van der Waals surface area contributed by atoms with Crippen molar-refractivity contribution in [2.75, 3.05) is 5.32 Å². The molecule has 0 atom stereocenters. The number of nitriles is 1. The van der Waals surface area contributed by atoms with Gasteiger partial charge >= 0.3 is 0 Å². The first-order chi connectivity index (χ1) is 9.10. The lowest BCUT2D eigenvalue weighted by Gasteiger charge is -2.08. The maximum absolute atomic E-state index is 13.6. The smallest absolute Gasteiger partial charge is 0.129 e. The van der Waals surface area contributed by atoms with Gasteiger partial charge in [-0.3, -0.25) is 0 Å². The molecule has 2 aromatic rings. The topological polar surface area (TPSA) is 35.8 Å². The van der Waals surface area contributed by atoms with Gasteiger partial charge in [-0.15, -0.1) is 0 Å². The molecular formula is C14H9Cl2FN2. The van der Waals surface area contributed by atoms with Crippen LogP contribution in [0.4, 0.5) is 10.1 Å². The summed E-state index contributed by atoms with van der Waals surface area (Å²) in [6.07, 6.45) is 0. The third-order valence-corrected chi connectivity index (χ3v) is 3.14. The second-order valence-electron chi connectivity index (χ2n) is 3.90. The van der Waals surface area contributed by atoms with Crippen LogP contribution in [-0.2, 0) is 6.54 Å². The molecule has 0 saturated heterocycles. The molecule has 0 spiro atoms. The Morgan fingerprint density at radius 3 is 2.58 bits per heavy atom. The van der Waals surface area contributed by atoms with Gasteiger partial charge in [0, 0.05) is 22.8 Å². The molecule has 2 nitrogen and oxygen atoms in total. The number of halogens is 3. The Morgan fingerprint density at radius 2 is 1.95 bits per heavy atom. The average molecular weight is 295 g/mol. The molecule has 96 valence electrons. The zero-order valence-electron chi connectivity index (χ0n) is 9.75. The van der Waals surface area contributed by atoms with Gasteiger partial charge in [-0.05, 0) is 30.3 Å². The summed E-state index contributed by atoms with van der Waals surface area (Å²) in [5, 5.41) is 12.5. The number of nitrogens with zero attached hydrogens (tertiary/aromatic N) is 1. The monoisotopic (exact) mass is 294 g/mol. The van der Waals surface area contributed by atoms with Crippen LogP contribution in [0.15, 0.2) is 36.4 Å². The second kappa shape index (κ2) is 5.92. The minimum Gasteiger partial charge on any atom is -0.381 e. The fourth-order valence-corrected chi connectivity index (χ4v) is 1.96. The average Bonchev–Trinajstić information content (AvgIpc) is 2.38. The number of rotatable bonds is 3. The van der Waals surface area contributed by atoms with Gasteiger partial charge in [0.25, 0.3) is 0 Å². The summed E-state index contributed by atoms with van der Waals surface area (Å²) >= 11 is 11.6. The first kappa shape index (κ1) is 13.7. The fourth-order valence-electron chi connectivity index (χ4n) is 1.58. The molecule has 1 N–H and O–H groups in total. The molecular weight excluding hydrogens is 286 g/mol. The quantitative estimate of drug-likeness (QED) is 0.897. The maximum Gasteiger partial charge on any atom is 0.129 e. The molecule has 5 heteroatoms. The summed E-state index contributed by atoms with van der Waals surface area (Å²) in [4.78, 5) is 0. The molecule has 0 bridgehead atoms. The standard InChI is InChI=1S/C14H9Cl2FN2/c15-11-3-1-10(14(17)5-11)8-19-12-4-2-9(7-18)13(16)6-12/h1-6,19H,8H2. The molecule has 2 rings (SSSR count). The van der Waals surface area contributed by atoms with Gasteiger partial charge < -0.3 is 5.32 Å². The largest absolute Gasteiger partial charge is 0.381 e. The SMILES string of the molecule is N#Cc1ccc(NCc2ccc(Cl)cc2F)cc1Cl. The minimum atomic E-state index is -0.361. The van der Waals surface area contributed by atoms with Crippen LogP contribution < -0.4 is 5.32 Å². The van der Waals surface area contributed by atoms with E-state index in [4.69, 9.17) is 28.5 Å². The van der Waals surface area contributed by atoms with Crippen molar-refractivity contribution in [1.82, 2.24) is 0 Å². The van der Waals surface area contributed by atoms with E-state index in [1.165, 1.54) is 6.07 Å². The van der Waals surface area contributed by atoms with Crippen molar-refractivity contribution in [3.8, 4) is 6.07 Å². The third kappa shape index (κ3) is 3.37. The van der Waals surface area contributed by atoms with Gasteiger partial charge in [0.2, 0.25) is 0 Å². The zero-order chi connectivity index (χ0) is 13.8. The molecule has 2 aromatic carbocycles. The molecule has 0 unspecified atom stereocenters. The van der Waals surface area contributed by atoms with Crippen LogP contribution >= 0.6 is 23.2 Å². The van der Waals surface area contributed by atoms with E-state index in [9.17, 15) is 4.39 Å². The van der Waals surface area contributed by atoms with Gasteiger partial charge in [-0.25, -0.2) is 4.39 Å². The lowest BCUT2D eigenvalue weighted by atomic mass is 10.2. The van der Waals surface area contributed by atoms with Crippen molar-refractivity contribution in [2.45, 2.75) is 6.54 Å². The predicted octanol–water partition coefficient (Wildman–Crippen LogP) is 4.62. The molecule has 0 radical (unpaired) electrons. The van der Waals surface area contributed by atoms with Crippen LogP contribution in [0.3, 0.4) is 0 Å². The summed E-state index contributed by atoms with van der Waals surface area (Å²) in [6, 6.07) is 11.5. The summed E-state index contributed by atoms with van der Waals surface area (Å²) in [6.45, 7) is 0.311. The lowest BCUT2D eigenvalue weighted by molar-refractivity contribution is 0.613. The van der Waals surface area contributed by atoms with E-state index in [1.54, 1.807) is 30.3 Å². The van der Waals surface area contributed by atoms with Crippen molar-refractivity contribution >= 4 is 28.9 Å². The normalized spacial score (nSPS) is 10.0. The lowest BCUT2D eigenvalue weighted by Crippen LogP contribution is -2.01. The second-order valence-corrected chi connectivity index (χ2v) is 4.74. The molecule has 19 heavy (non-hydrogen) atoms. The van der Waals surface area contributed by atoms with E-state index in [-0.39, 0.29) is 5.82 Å². The first-order valence-electron chi connectivity index (χ1n) is 5.47. The van der Waals surface area contributed by atoms with E-state index in [2.05, 4.69) is 5.32 Å². The fraction of sp³-hybridized carbons (Fsp3) is 0.0714. The number of nitrogens with one attached hydrogen (secondary N) is 1. The molecule has 0 aliphatic heterocycles. The summed E-state index contributed by atoms with van der Waals surface area (Å²) in [7, 11) is 0. The van der Waals surface area contributed by atoms with Crippen LogP contribution in [-0.4, -0.2) is 0 Å². The van der Waals surface area contributed by atoms with Crippen LogP contribution in [0.2, 0.25) is 10.0 Å². The highest BCUT2D eigenvalue weighted by molar-refractivity contribution is 6.32. The third-order valence-electron chi connectivity index (χ3n) is 2.59. The van der Waals surface area contributed by atoms with Gasteiger partial charge in [-0.1, -0.05) is 29.3 Å². The van der Waals surface area contributed by atoms with Crippen LogP contribution in [0.5, 0.6) is 0 Å². The van der Waals surface area contributed by atoms with Crippen molar-refractivity contribution in [2.24, 2.45) is 0 Å². The highest BCUT2D eigenvalue weighted by atomic mass is 35.5. The summed E-state index contributed by atoms with van der Waals surface area (Å²) in [5.74, 6) is -0.361. The highest BCUT2D eigenvalue weighted by Gasteiger charge is 2.04. The van der Waals surface area contributed by atoms with E-state index in [1.807, 2.05) is 6.07 Å². The minimum absolute atomic E-state index is 0.311. The van der Waals surface area contributed by atoms with Crippen LogP contribution in [0.1, 0.15) is 11.1 Å². The Bertz CT molecular complexity index is 650. The first-order valence-corrected chi connectivity index (χ1v) is 6.23. The number of benzene rings is 2. The Kier molecular flexibility index (Phi) is 4.26. The molecule has 0 amide bonds. The molecule has 0 aliphatic rings. The van der Waals surface area contributed by atoms with Gasteiger partial charge in [0.15, 0.2) is 0 Å². The van der Waals surface area contributed by atoms with Crippen molar-refractivity contribution < 1.29 is 4.39 Å². The van der Waals surface area contributed by atoms with Gasteiger partial charge in [0.1, 0.15) is 11.9 Å². The number of hydrogen-bond donors (Lipinski definition) is 1. The van der Waals surface area contributed by atoms with Gasteiger partial charge in [-0.2, -0.15) is 5.26 Å². The Morgan fingerprint density at radius 1 is 1.16 bits per heavy atom. The van der Waals surface area contributed by atoms with E-state index in [0.717, 1.165) is 5.69 Å². The Hall–Kier alpha value is -1.76. The molecule has 0 fully saturated rings. The van der Waals surface area contributed by atoms with E-state index < -0.39 is 0 Å². The molecule has 0 aromatic heterocycles. The summed E-state index contributed by atoms with van der Waals surface area (Å²) < 4.78 is 13.6. The zero-order valence-corrected chi connectivity index (χ0v) is 11.3. The van der Waals surface area contributed by atoms with Crippen molar-refractivity contribution in [3.63, 3.8) is 0 Å². The molecule has 0 heterocycles. The maximum atomic E-state index is 13.6.